The molecule has 2 amide bonds. The molecule has 0 spiro atoms. The summed E-state index contributed by atoms with van der Waals surface area (Å²) in [4.78, 5) is 36.8. The third-order valence-electron chi connectivity index (χ3n) is 5.50. The van der Waals surface area contributed by atoms with E-state index in [1.165, 1.54) is 10.9 Å². The first-order valence-electron chi connectivity index (χ1n) is 12.2. The summed E-state index contributed by atoms with van der Waals surface area (Å²) in [6.07, 6.45) is -0.713. The summed E-state index contributed by atoms with van der Waals surface area (Å²) in [5.74, 6) is 0.998. The number of hydrogen-bond donors (Lipinski definition) is 1. The topological polar surface area (TPSA) is 146 Å². The van der Waals surface area contributed by atoms with Gasteiger partial charge in [-0.2, -0.15) is 4.80 Å². The Bertz CT molecular complexity index is 1290. The molecule has 0 bridgehead atoms. The molecule has 1 aliphatic heterocycles. The molecule has 4 rings (SSSR count). The first kappa shape index (κ1) is 26.9. The van der Waals surface area contributed by atoms with Crippen molar-refractivity contribution in [2.45, 2.75) is 52.5 Å². The molecule has 1 saturated heterocycles. The minimum Gasteiger partial charge on any atom is -0.497 e. The SMILES string of the molecule is COc1cccc(CNC(=O)c2cc(-c3nnn(C[C@H]4CN(C(=O)OC(C)(C)C)CCO4)n3)nc(C)n2)c1. The van der Waals surface area contributed by atoms with Crippen molar-refractivity contribution in [3.63, 3.8) is 0 Å². The molecule has 13 heteroatoms. The van der Waals surface area contributed by atoms with Crippen LogP contribution in [-0.2, 0) is 22.6 Å². The van der Waals surface area contributed by atoms with Crippen LogP contribution in [0.5, 0.6) is 5.75 Å². The smallest absolute Gasteiger partial charge is 0.410 e. The summed E-state index contributed by atoms with van der Waals surface area (Å²) in [6, 6.07) is 8.96. The van der Waals surface area contributed by atoms with Crippen LogP contribution in [-0.4, -0.2) is 85.6 Å². The third-order valence-corrected chi connectivity index (χ3v) is 5.50. The average molecular weight is 525 g/mol. The van der Waals surface area contributed by atoms with Gasteiger partial charge in [0.25, 0.3) is 5.91 Å². The highest BCUT2D eigenvalue weighted by Gasteiger charge is 2.29. The van der Waals surface area contributed by atoms with Crippen molar-refractivity contribution >= 4 is 12.0 Å². The first-order valence-corrected chi connectivity index (χ1v) is 12.2. The fraction of sp³-hybridized carbons (Fsp3) is 0.480. The van der Waals surface area contributed by atoms with E-state index < -0.39 is 5.60 Å². The number of nitrogens with one attached hydrogen (secondary N) is 1. The summed E-state index contributed by atoms with van der Waals surface area (Å²) < 4.78 is 16.5. The van der Waals surface area contributed by atoms with Crippen molar-refractivity contribution in [1.29, 1.82) is 0 Å². The van der Waals surface area contributed by atoms with Gasteiger partial charge in [0, 0.05) is 13.1 Å². The van der Waals surface area contributed by atoms with Gasteiger partial charge in [-0.25, -0.2) is 14.8 Å². The number of aryl methyl sites for hydroxylation is 1. The van der Waals surface area contributed by atoms with Gasteiger partial charge in [-0.05, 0) is 56.7 Å². The summed E-state index contributed by atoms with van der Waals surface area (Å²) in [5, 5.41) is 15.5. The normalized spacial score (nSPS) is 15.7. The van der Waals surface area contributed by atoms with Crippen LogP contribution in [0.1, 0.15) is 42.6 Å². The Morgan fingerprint density at radius 3 is 2.79 bits per heavy atom. The number of tetrazole rings is 1. The van der Waals surface area contributed by atoms with Crippen molar-refractivity contribution in [2.75, 3.05) is 26.8 Å². The van der Waals surface area contributed by atoms with Gasteiger partial charge in [0.15, 0.2) is 0 Å². The zero-order valence-corrected chi connectivity index (χ0v) is 22.2. The van der Waals surface area contributed by atoms with Gasteiger partial charge >= 0.3 is 6.09 Å². The largest absolute Gasteiger partial charge is 0.497 e. The zero-order valence-electron chi connectivity index (χ0n) is 22.2. The molecule has 1 fully saturated rings. The second-order valence-corrected chi connectivity index (χ2v) is 9.81. The molecule has 38 heavy (non-hydrogen) atoms. The van der Waals surface area contributed by atoms with Crippen LogP contribution in [0.4, 0.5) is 4.79 Å². The van der Waals surface area contributed by atoms with Crippen molar-refractivity contribution in [3.8, 4) is 17.3 Å². The van der Waals surface area contributed by atoms with Gasteiger partial charge in [-0.1, -0.05) is 12.1 Å². The highest BCUT2D eigenvalue weighted by molar-refractivity contribution is 5.93. The molecular weight excluding hydrogens is 492 g/mol. The van der Waals surface area contributed by atoms with Crippen molar-refractivity contribution in [2.24, 2.45) is 0 Å². The van der Waals surface area contributed by atoms with E-state index in [4.69, 9.17) is 14.2 Å². The number of benzene rings is 1. The van der Waals surface area contributed by atoms with Crippen LogP contribution in [0.2, 0.25) is 0 Å². The number of nitrogens with zero attached hydrogens (tertiary/aromatic N) is 7. The number of morpholine rings is 1. The number of rotatable bonds is 7. The molecule has 2 aromatic heterocycles. The lowest BCUT2D eigenvalue weighted by Gasteiger charge is -2.33. The number of hydrogen-bond acceptors (Lipinski definition) is 10. The van der Waals surface area contributed by atoms with E-state index in [0.29, 0.717) is 43.5 Å². The number of carbonyl (C=O) groups excluding carboxylic acids is 2. The molecule has 1 atom stereocenters. The molecule has 13 nitrogen and oxygen atoms in total. The maximum atomic E-state index is 12.8. The molecule has 0 saturated carbocycles. The molecule has 1 N–H and O–H groups in total. The summed E-state index contributed by atoms with van der Waals surface area (Å²) in [7, 11) is 1.59. The van der Waals surface area contributed by atoms with Gasteiger partial charge < -0.3 is 24.4 Å². The molecule has 3 aromatic rings. The van der Waals surface area contributed by atoms with Crippen LogP contribution in [0.25, 0.3) is 11.5 Å². The fourth-order valence-corrected chi connectivity index (χ4v) is 3.78. The zero-order chi connectivity index (χ0) is 27.3. The Morgan fingerprint density at radius 2 is 2.03 bits per heavy atom. The molecule has 1 aliphatic rings. The summed E-state index contributed by atoms with van der Waals surface area (Å²) in [6.45, 7) is 8.94. The molecular formula is C25H32N8O5. The van der Waals surface area contributed by atoms with Gasteiger partial charge in [-0.15, -0.1) is 10.2 Å². The molecule has 0 unspecified atom stereocenters. The Morgan fingerprint density at radius 1 is 1.21 bits per heavy atom. The lowest BCUT2D eigenvalue weighted by Crippen LogP contribution is -2.48. The Kier molecular flexibility index (Phi) is 8.15. The average Bonchev–Trinajstić information content (AvgIpc) is 3.34. The first-order chi connectivity index (χ1) is 18.1. The monoisotopic (exact) mass is 524 g/mol. The van der Waals surface area contributed by atoms with Gasteiger partial charge in [-0.3, -0.25) is 4.79 Å². The van der Waals surface area contributed by atoms with E-state index in [9.17, 15) is 9.59 Å². The molecule has 1 aromatic carbocycles. The van der Waals surface area contributed by atoms with E-state index >= 15 is 0 Å². The Hall–Kier alpha value is -4.13. The quantitative estimate of drug-likeness (QED) is 0.487. The predicted molar refractivity (Wildman–Crippen MR) is 135 cm³/mol. The highest BCUT2D eigenvalue weighted by Crippen LogP contribution is 2.16. The van der Waals surface area contributed by atoms with Gasteiger partial charge in [0.05, 0.1) is 32.9 Å². The fourth-order valence-electron chi connectivity index (χ4n) is 3.78. The predicted octanol–water partition coefficient (Wildman–Crippen LogP) is 2.01. The van der Waals surface area contributed by atoms with Gasteiger partial charge in [0.1, 0.15) is 28.6 Å². The number of methoxy groups -OCH3 is 1. The molecule has 3 heterocycles. The van der Waals surface area contributed by atoms with Crippen molar-refractivity contribution < 1.29 is 23.8 Å². The minimum absolute atomic E-state index is 0.190. The molecule has 0 radical (unpaired) electrons. The second kappa shape index (κ2) is 11.5. The standard InChI is InChI=1S/C25H32N8O5/c1-16-27-20(12-21(28-16)23(34)26-13-17-7-6-8-18(11-17)36-5)22-29-31-33(30-22)15-19-14-32(9-10-37-19)24(35)38-25(2,3)4/h6-8,11-12,19H,9-10,13-15H2,1-5H3,(H,26,34)/t19-/m1/s1. The highest BCUT2D eigenvalue weighted by atomic mass is 16.6. The maximum Gasteiger partial charge on any atom is 0.410 e. The minimum atomic E-state index is -0.576. The van der Waals surface area contributed by atoms with Crippen molar-refractivity contribution in [3.05, 3.63) is 47.4 Å². The number of amides is 2. The Labute approximate surface area is 220 Å². The van der Waals surface area contributed by atoms with Gasteiger partial charge in [0.2, 0.25) is 5.82 Å². The van der Waals surface area contributed by atoms with E-state index in [1.807, 2.05) is 45.0 Å². The molecule has 202 valence electrons. The lowest BCUT2D eigenvalue weighted by molar-refractivity contribution is -0.0497. The third kappa shape index (κ3) is 7.22. The number of carbonyl (C=O) groups is 2. The van der Waals surface area contributed by atoms with Crippen LogP contribution >= 0.6 is 0 Å². The van der Waals surface area contributed by atoms with E-state index in [2.05, 4.69) is 30.7 Å². The van der Waals surface area contributed by atoms with Crippen LogP contribution in [0.3, 0.4) is 0 Å². The van der Waals surface area contributed by atoms with Crippen molar-refractivity contribution in [1.82, 2.24) is 40.4 Å². The number of ether oxygens (including phenoxy) is 3. The van der Waals surface area contributed by atoms with E-state index in [-0.39, 0.29) is 36.2 Å². The summed E-state index contributed by atoms with van der Waals surface area (Å²) in [5.41, 5.74) is 0.877. The molecule has 0 aliphatic carbocycles. The van der Waals surface area contributed by atoms with Crippen LogP contribution in [0.15, 0.2) is 30.3 Å². The lowest BCUT2D eigenvalue weighted by atomic mass is 10.2. The van der Waals surface area contributed by atoms with E-state index in [1.54, 1.807) is 18.9 Å². The summed E-state index contributed by atoms with van der Waals surface area (Å²) >= 11 is 0. The van der Waals surface area contributed by atoms with Crippen LogP contribution in [0, 0.1) is 6.92 Å². The van der Waals surface area contributed by atoms with E-state index in [0.717, 1.165) is 5.56 Å². The Balaban J connectivity index is 1.39. The maximum absolute atomic E-state index is 12.8. The number of aromatic nitrogens is 6. The second-order valence-electron chi connectivity index (χ2n) is 9.81. The van der Waals surface area contributed by atoms with Crippen LogP contribution < -0.4 is 10.1 Å².